The topological polar surface area (TPSA) is 3.24 Å². The van der Waals surface area contributed by atoms with Gasteiger partial charge in [0.1, 0.15) is 0 Å². The van der Waals surface area contributed by atoms with Crippen molar-refractivity contribution in [3.8, 4) is 44.5 Å². The molecular weight excluding hydrogens is 815 g/mol. The second kappa shape index (κ2) is 16.3. The third kappa shape index (κ3) is 7.46. The van der Waals surface area contributed by atoms with Crippen LogP contribution in [-0.2, 0) is 10.8 Å². The van der Waals surface area contributed by atoms with Gasteiger partial charge >= 0.3 is 0 Å². The Balaban J connectivity index is 1.08. The van der Waals surface area contributed by atoms with Crippen LogP contribution in [0.2, 0.25) is 0 Å². The van der Waals surface area contributed by atoms with Crippen LogP contribution in [0.5, 0.6) is 0 Å². The Kier molecular flexibility index (Phi) is 10.2. The van der Waals surface area contributed by atoms with Gasteiger partial charge in [-0.1, -0.05) is 224 Å². The zero-order valence-corrected chi connectivity index (χ0v) is 39.4. The third-order valence-electron chi connectivity index (χ3n) is 13.4. The van der Waals surface area contributed by atoms with Crippen LogP contribution in [0, 0.1) is 0 Å². The summed E-state index contributed by atoms with van der Waals surface area (Å²) in [6.45, 7) is 13.9. The minimum Gasteiger partial charge on any atom is -0.308 e. The fourth-order valence-electron chi connectivity index (χ4n) is 9.79. The second-order valence-corrected chi connectivity index (χ2v) is 20.8. The summed E-state index contributed by atoms with van der Waals surface area (Å²) in [5, 5.41) is 7.59. The number of anilines is 3. The Bertz CT molecular complexity index is 3550. The van der Waals surface area contributed by atoms with E-state index in [1.807, 2.05) is 11.3 Å². The van der Waals surface area contributed by atoms with Crippen molar-refractivity contribution in [2.24, 2.45) is 0 Å². The summed E-state index contributed by atoms with van der Waals surface area (Å²) >= 11 is 1.87. The SMILES string of the molecule is CC(C)(C)c1cc(-c2cccc3cccc(-c4ccccc4N(c4ccc(-c5ccc(-c6cccc7ccccc67)cc5)cc4)c4cccc5c4sc4ccccc45)c23)cc(C(C)(C)C)c1. The molecule has 2 heteroatoms. The molecule has 0 spiro atoms. The first kappa shape index (κ1) is 41.4. The lowest BCUT2D eigenvalue weighted by Crippen LogP contribution is -2.16. The van der Waals surface area contributed by atoms with E-state index in [9.17, 15) is 0 Å². The van der Waals surface area contributed by atoms with Gasteiger partial charge < -0.3 is 4.90 Å². The predicted octanol–water partition coefficient (Wildman–Crippen LogP) is 19.1. The largest absolute Gasteiger partial charge is 0.308 e. The van der Waals surface area contributed by atoms with Gasteiger partial charge in [0.05, 0.1) is 16.1 Å². The van der Waals surface area contributed by atoms with E-state index in [4.69, 9.17) is 0 Å². The second-order valence-electron chi connectivity index (χ2n) is 19.8. The molecule has 0 fully saturated rings. The highest BCUT2D eigenvalue weighted by atomic mass is 32.1. The maximum Gasteiger partial charge on any atom is 0.0640 e. The van der Waals surface area contributed by atoms with Crippen molar-refractivity contribution in [1.82, 2.24) is 0 Å². The number of hydrogen-bond donors (Lipinski definition) is 0. The molecule has 320 valence electrons. The van der Waals surface area contributed by atoms with Crippen LogP contribution in [0.1, 0.15) is 52.7 Å². The van der Waals surface area contributed by atoms with E-state index in [0.717, 1.165) is 11.4 Å². The van der Waals surface area contributed by atoms with Gasteiger partial charge in [0.25, 0.3) is 0 Å². The maximum atomic E-state index is 2.50. The molecule has 0 aliphatic rings. The normalized spacial score (nSPS) is 12.1. The Hall–Kier alpha value is -7.26. The molecule has 10 aromatic carbocycles. The monoisotopic (exact) mass is 867 g/mol. The van der Waals surface area contributed by atoms with Crippen molar-refractivity contribution in [2.75, 3.05) is 4.90 Å². The van der Waals surface area contributed by atoms with Crippen LogP contribution in [0.3, 0.4) is 0 Å². The molecule has 0 bridgehead atoms. The van der Waals surface area contributed by atoms with E-state index in [2.05, 4.69) is 259 Å². The molecule has 0 saturated carbocycles. The molecule has 0 amide bonds. The van der Waals surface area contributed by atoms with E-state index in [1.54, 1.807) is 0 Å². The zero-order chi connectivity index (χ0) is 45.2. The van der Waals surface area contributed by atoms with Gasteiger partial charge in [-0.15, -0.1) is 11.3 Å². The number of thiophene rings is 1. The standard InChI is InChI=1S/C64H53NS/c1-63(2,3)48-39-47(40-49(41-48)64(4,5)6)53-25-14-19-46-20-15-26-56(61(46)53)54-22-9-11-28-58(54)65(59-29-16-27-57-55-23-10-12-30-60(55)66-62(57)59)50-37-35-43(36-38-50)42-31-33-45(34-32-42)52-24-13-18-44-17-7-8-21-51(44)52/h7-41H,1-6H3. The summed E-state index contributed by atoms with van der Waals surface area (Å²) in [5.74, 6) is 0. The lowest BCUT2D eigenvalue weighted by Gasteiger charge is -2.29. The van der Waals surface area contributed by atoms with Crippen molar-refractivity contribution < 1.29 is 0 Å². The van der Waals surface area contributed by atoms with Crippen LogP contribution in [0.4, 0.5) is 17.1 Å². The molecule has 0 saturated heterocycles. The first-order valence-corrected chi connectivity index (χ1v) is 24.0. The highest BCUT2D eigenvalue weighted by molar-refractivity contribution is 7.26. The smallest absolute Gasteiger partial charge is 0.0640 e. The minimum absolute atomic E-state index is 0.000631. The van der Waals surface area contributed by atoms with Crippen LogP contribution < -0.4 is 4.90 Å². The van der Waals surface area contributed by atoms with Gasteiger partial charge in [0, 0.05) is 26.7 Å². The van der Waals surface area contributed by atoms with Gasteiger partial charge in [0.2, 0.25) is 0 Å². The molecule has 0 N–H and O–H groups in total. The van der Waals surface area contributed by atoms with Crippen molar-refractivity contribution in [3.05, 3.63) is 223 Å². The highest BCUT2D eigenvalue weighted by Crippen LogP contribution is 2.49. The number of para-hydroxylation sites is 1. The zero-order valence-electron chi connectivity index (χ0n) is 38.6. The molecule has 0 unspecified atom stereocenters. The van der Waals surface area contributed by atoms with Gasteiger partial charge in [-0.25, -0.2) is 0 Å². The number of rotatable bonds is 7. The number of benzene rings is 10. The third-order valence-corrected chi connectivity index (χ3v) is 14.6. The van der Waals surface area contributed by atoms with Gasteiger partial charge in [-0.05, 0) is 113 Å². The Labute approximate surface area is 393 Å². The molecule has 66 heavy (non-hydrogen) atoms. The summed E-state index contributed by atoms with van der Waals surface area (Å²) in [6.07, 6.45) is 0. The molecule has 0 aliphatic carbocycles. The molecule has 0 atom stereocenters. The van der Waals surface area contributed by atoms with Crippen LogP contribution in [-0.4, -0.2) is 0 Å². The molecule has 1 nitrogen and oxygen atoms in total. The number of fused-ring (bicyclic) bond motifs is 5. The summed E-state index contributed by atoms with van der Waals surface area (Å²) in [4.78, 5) is 2.50. The van der Waals surface area contributed by atoms with Gasteiger partial charge in [-0.2, -0.15) is 0 Å². The van der Waals surface area contributed by atoms with E-state index in [-0.39, 0.29) is 10.8 Å². The lowest BCUT2D eigenvalue weighted by molar-refractivity contribution is 0.569. The van der Waals surface area contributed by atoms with Crippen molar-refractivity contribution in [3.63, 3.8) is 0 Å². The van der Waals surface area contributed by atoms with Crippen molar-refractivity contribution in [1.29, 1.82) is 0 Å². The minimum atomic E-state index is 0.000631. The maximum absolute atomic E-state index is 2.50. The Morgan fingerprint density at radius 2 is 0.848 bits per heavy atom. The molecule has 0 aliphatic heterocycles. The van der Waals surface area contributed by atoms with E-state index < -0.39 is 0 Å². The van der Waals surface area contributed by atoms with Crippen LogP contribution >= 0.6 is 11.3 Å². The Morgan fingerprint density at radius 1 is 0.348 bits per heavy atom. The summed E-state index contributed by atoms with van der Waals surface area (Å²) < 4.78 is 2.57. The highest BCUT2D eigenvalue weighted by Gasteiger charge is 2.25. The molecule has 11 aromatic rings. The molecule has 11 rings (SSSR count). The van der Waals surface area contributed by atoms with Crippen molar-refractivity contribution >= 4 is 70.1 Å². The molecule has 1 aromatic heterocycles. The lowest BCUT2D eigenvalue weighted by atomic mass is 9.78. The number of nitrogens with zero attached hydrogens (tertiary/aromatic N) is 1. The Morgan fingerprint density at radius 3 is 1.56 bits per heavy atom. The van der Waals surface area contributed by atoms with E-state index in [0.29, 0.717) is 0 Å². The average Bonchev–Trinajstić information content (AvgIpc) is 3.73. The molecule has 0 radical (unpaired) electrons. The number of hydrogen-bond acceptors (Lipinski definition) is 2. The fourth-order valence-corrected chi connectivity index (χ4v) is 11.0. The van der Waals surface area contributed by atoms with E-state index in [1.165, 1.54) is 103 Å². The van der Waals surface area contributed by atoms with E-state index >= 15 is 0 Å². The predicted molar refractivity (Wildman–Crippen MR) is 288 cm³/mol. The van der Waals surface area contributed by atoms with Gasteiger partial charge in [-0.3, -0.25) is 0 Å². The summed E-state index contributed by atoms with van der Waals surface area (Å²) in [7, 11) is 0. The first-order chi connectivity index (χ1) is 32.0. The van der Waals surface area contributed by atoms with Crippen LogP contribution in [0.25, 0.3) is 86.2 Å². The first-order valence-electron chi connectivity index (χ1n) is 23.2. The quantitative estimate of drug-likeness (QED) is 0.154. The van der Waals surface area contributed by atoms with Crippen LogP contribution in [0.15, 0.2) is 212 Å². The fraction of sp³-hybridized carbons (Fsp3) is 0.125. The summed E-state index contributed by atoms with van der Waals surface area (Å²) in [6, 6.07) is 79.0. The summed E-state index contributed by atoms with van der Waals surface area (Å²) in [5.41, 5.74) is 15.9. The van der Waals surface area contributed by atoms with Crippen molar-refractivity contribution in [2.45, 2.75) is 52.4 Å². The molecular formula is C64H53NS. The average molecular weight is 868 g/mol. The van der Waals surface area contributed by atoms with Gasteiger partial charge in [0.15, 0.2) is 0 Å². The molecule has 1 heterocycles.